The van der Waals surface area contributed by atoms with Crippen molar-refractivity contribution in [1.29, 1.82) is 0 Å². The molecular formula is C28H33N5O3. The number of carbonyl (C=O) groups excluding carboxylic acids is 2. The van der Waals surface area contributed by atoms with Crippen LogP contribution in [0.2, 0.25) is 0 Å². The minimum absolute atomic E-state index is 0.248. The molecule has 2 N–H and O–H groups in total. The van der Waals surface area contributed by atoms with E-state index in [1.807, 2.05) is 19.2 Å². The minimum Gasteiger partial charge on any atom is -0.374 e. The van der Waals surface area contributed by atoms with Crippen molar-refractivity contribution in [2.24, 2.45) is 13.0 Å². The number of pyridine rings is 1. The van der Waals surface area contributed by atoms with Gasteiger partial charge in [0.25, 0.3) is 0 Å². The minimum atomic E-state index is -0.863. The van der Waals surface area contributed by atoms with Gasteiger partial charge in [-0.1, -0.05) is 19.1 Å². The number of piperidine rings is 2. The second kappa shape index (κ2) is 9.10. The number of rotatable bonds is 4. The summed E-state index contributed by atoms with van der Waals surface area (Å²) in [5, 5.41) is 14.6. The molecule has 2 saturated heterocycles. The Hall–Kier alpha value is -3.07. The van der Waals surface area contributed by atoms with E-state index in [1.165, 1.54) is 23.8 Å². The van der Waals surface area contributed by atoms with E-state index in [9.17, 15) is 14.7 Å². The molecule has 0 spiro atoms. The van der Waals surface area contributed by atoms with E-state index in [1.54, 1.807) is 4.90 Å². The Morgan fingerprint density at radius 2 is 1.92 bits per heavy atom. The molecule has 2 atom stereocenters. The fourth-order valence-corrected chi connectivity index (χ4v) is 5.94. The molecule has 0 bridgehead atoms. The molecule has 2 fully saturated rings. The summed E-state index contributed by atoms with van der Waals surface area (Å²) in [6.45, 7) is 5.96. The van der Waals surface area contributed by atoms with Crippen LogP contribution in [-0.2, 0) is 29.7 Å². The quantitative estimate of drug-likeness (QED) is 0.550. The highest BCUT2D eigenvalue weighted by Crippen LogP contribution is 2.37. The van der Waals surface area contributed by atoms with Gasteiger partial charge < -0.3 is 9.67 Å². The van der Waals surface area contributed by atoms with Crippen LogP contribution in [0.15, 0.2) is 36.5 Å². The standard InChI is InChI=1S/C28H33N5O3/c1-17-7-11-32(12-8-17)15-20-14-23(29-26-21(20)9-10-31(26)2)18-3-4-22-19(13-18)16-33(28(22)36)24-5-6-25(34)30-27(24)35/h3-4,9-10,13-14,17,24,28,36H,5-8,11-12,15-16H2,1-2H3,(H,30,34,35). The number of nitrogens with one attached hydrogen (secondary N) is 1. The number of amides is 2. The van der Waals surface area contributed by atoms with Crippen molar-refractivity contribution < 1.29 is 14.7 Å². The first-order valence-corrected chi connectivity index (χ1v) is 13.0. The van der Waals surface area contributed by atoms with Crippen LogP contribution in [-0.4, -0.2) is 55.4 Å². The van der Waals surface area contributed by atoms with Gasteiger partial charge in [0.05, 0.1) is 11.7 Å². The second-order valence-corrected chi connectivity index (χ2v) is 10.7. The number of benzene rings is 1. The van der Waals surface area contributed by atoms with Gasteiger partial charge in [0.1, 0.15) is 11.9 Å². The highest BCUT2D eigenvalue weighted by Gasteiger charge is 2.39. The van der Waals surface area contributed by atoms with Crippen molar-refractivity contribution in [3.63, 3.8) is 0 Å². The van der Waals surface area contributed by atoms with E-state index in [4.69, 9.17) is 4.98 Å². The van der Waals surface area contributed by atoms with Gasteiger partial charge in [0, 0.05) is 43.7 Å². The summed E-state index contributed by atoms with van der Waals surface area (Å²) < 4.78 is 2.07. The van der Waals surface area contributed by atoms with Crippen molar-refractivity contribution in [3.8, 4) is 11.3 Å². The zero-order valence-corrected chi connectivity index (χ0v) is 20.9. The Morgan fingerprint density at radius 1 is 1.11 bits per heavy atom. The molecule has 3 aliphatic heterocycles. The second-order valence-electron chi connectivity index (χ2n) is 10.7. The molecule has 0 saturated carbocycles. The largest absolute Gasteiger partial charge is 0.374 e. The van der Waals surface area contributed by atoms with Crippen LogP contribution in [0.25, 0.3) is 22.3 Å². The van der Waals surface area contributed by atoms with Gasteiger partial charge in [-0.15, -0.1) is 0 Å². The molecule has 188 valence electrons. The van der Waals surface area contributed by atoms with Gasteiger partial charge in [0.2, 0.25) is 11.8 Å². The van der Waals surface area contributed by atoms with Crippen LogP contribution >= 0.6 is 0 Å². The molecule has 36 heavy (non-hydrogen) atoms. The van der Waals surface area contributed by atoms with Crippen LogP contribution in [0.4, 0.5) is 0 Å². The fraction of sp³-hybridized carbons (Fsp3) is 0.464. The molecule has 6 rings (SSSR count). The number of aromatic nitrogens is 2. The van der Waals surface area contributed by atoms with Crippen molar-refractivity contribution in [3.05, 3.63) is 53.2 Å². The predicted molar refractivity (Wildman–Crippen MR) is 136 cm³/mol. The fourth-order valence-electron chi connectivity index (χ4n) is 5.94. The van der Waals surface area contributed by atoms with Gasteiger partial charge in [-0.2, -0.15) is 0 Å². The van der Waals surface area contributed by atoms with Crippen LogP contribution in [0.3, 0.4) is 0 Å². The maximum Gasteiger partial charge on any atom is 0.244 e. The van der Waals surface area contributed by atoms with E-state index in [2.05, 4.69) is 46.1 Å². The summed E-state index contributed by atoms with van der Waals surface area (Å²) in [6.07, 6.45) is 4.41. The summed E-state index contributed by atoms with van der Waals surface area (Å²) in [5.74, 6) is 0.222. The average Bonchev–Trinajstić information content (AvgIpc) is 3.40. The topological polar surface area (TPSA) is 90.7 Å². The number of aryl methyl sites for hydroxylation is 1. The molecule has 3 aliphatic rings. The molecule has 2 amide bonds. The Morgan fingerprint density at radius 3 is 2.69 bits per heavy atom. The third-order valence-electron chi connectivity index (χ3n) is 8.19. The van der Waals surface area contributed by atoms with E-state index in [0.717, 1.165) is 53.6 Å². The van der Waals surface area contributed by atoms with Gasteiger partial charge in [-0.3, -0.25) is 24.7 Å². The summed E-state index contributed by atoms with van der Waals surface area (Å²) in [4.78, 5) is 33.3. The lowest BCUT2D eigenvalue weighted by molar-refractivity contribution is -0.141. The Balaban J connectivity index is 1.31. The van der Waals surface area contributed by atoms with Crippen molar-refractivity contribution in [2.75, 3.05) is 13.1 Å². The summed E-state index contributed by atoms with van der Waals surface area (Å²) >= 11 is 0. The molecule has 8 heteroatoms. The van der Waals surface area contributed by atoms with Crippen molar-refractivity contribution >= 4 is 22.8 Å². The van der Waals surface area contributed by atoms with E-state index < -0.39 is 12.3 Å². The SMILES string of the molecule is CC1CCN(Cc2cc(-c3ccc4c(c3)CN(C3CCC(=O)NC3=O)C4O)nc3c2ccn3C)CC1. The maximum absolute atomic E-state index is 12.4. The number of carbonyl (C=O) groups is 2. The molecule has 5 heterocycles. The first-order valence-electron chi connectivity index (χ1n) is 13.0. The number of fused-ring (bicyclic) bond motifs is 2. The number of nitrogens with zero attached hydrogens (tertiary/aromatic N) is 4. The lowest BCUT2D eigenvalue weighted by Crippen LogP contribution is -2.51. The highest BCUT2D eigenvalue weighted by molar-refractivity contribution is 6.00. The molecule has 0 radical (unpaired) electrons. The zero-order valence-electron chi connectivity index (χ0n) is 20.9. The number of likely N-dealkylation sites (tertiary alicyclic amines) is 1. The Labute approximate surface area is 210 Å². The van der Waals surface area contributed by atoms with Crippen LogP contribution in [0, 0.1) is 5.92 Å². The summed E-state index contributed by atoms with van der Waals surface area (Å²) in [7, 11) is 2.03. The van der Waals surface area contributed by atoms with Crippen LogP contribution < -0.4 is 5.32 Å². The third-order valence-corrected chi connectivity index (χ3v) is 8.19. The Bertz CT molecular complexity index is 1340. The van der Waals surface area contributed by atoms with Crippen molar-refractivity contribution in [1.82, 2.24) is 24.7 Å². The molecular weight excluding hydrogens is 454 g/mol. The maximum atomic E-state index is 12.4. The lowest BCUT2D eigenvalue weighted by atomic mass is 9.98. The van der Waals surface area contributed by atoms with Crippen molar-refractivity contribution in [2.45, 2.75) is 58.0 Å². The molecule has 2 unspecified atom stereocenters. The third kappa shape index (κ3) is 4.13. The molecule has 8 nitrogen and oxygen atoms in total. The van der Waals surface area contributed by atoms with E-state index in [0.29, 0.717) is 19.4 Å². The number of aliphatic hydroxyl groups excluding tert-OH is 1. The zero-order chi connectivity index (χ0) is 25.0. The first kappa shape index (κ1) is 23.3. The van der Waals surface area contributed by atoms with Gasteiger partial charge in [0.15, 0.2) is 0 Å². The van der Waals surface area contributed by atoms with E-state index in [-0.39, 0.29) is 11.8 Å². The first-order chi connectivity index (χ1) is 17.4. The van der Waals surface area contributed by atoms with Crippen LogP contribution in [0.1, 0.15) is 55.5 Å². The van der Waals surface area contributed by atoms with Crippen LogP contribution in [0.5, 0.6) is 0 Å². The van der Waals surface area contributed by atoms with Gasteiger partial charge in [-0.05, 0) is 73.2 Å². The Kier molecular flexibility index (Phi) is 5.90. The summed E-state index contributed by atoms with van der Waals surface area (Å²) in [5.41, 5.74) is 5.98. The molecule has 1 aromatic carbocycles. The number of hydrogen-bond donors (Lipinski definition) is 2. The van der Waals surface area contributed by atoms with E-state index >= 15 is 0 Å². The monoisotopic (exact) mass is 487 g/mol. The molecule has 0 aliphatic carbocycles. The molecule has 3 aromatic rings. The van der Waals surface area contributed by atoms with Gasteiger partial charge in [-0.25, -0.2) is 4.98 Å². The predicted octanol–water partition coefficient (Wildman–Crippen LogP) is 3.08. The smallest absolute Gasteiger partial charge is 0.244 e. The van der Waals surface area contributed by atoms with Gasteiger partial charge >= 0.3 is 0 Å². The summed E-state index contributed by atoms with van der Waals surface area (Å²) in [6, 6.07) is 9.92. The molecule has 2 aromatic heterocycles. The average molecular weight is 488 g/mol. The number of aliphatic hydroxyl groups is 1. The normalized spacial score (nSPS) is 23.9. The lowest BCUT2D eigenvalue weighted by Gasteiger charge is -2.31. The number of hydrogen-bond acceptors (Lipinski definition) is 6. The number of imide groups is 1. The highest BCUT2D eigenvalue weighted by atomic mass is 16.3.